The predicted octanol–water partition coefficient (Wildman–Crippen LogP) is 0.388. The molecule has 13 heavy (non-hydrogen) atoms. The Bertz CT molecular complexity index is 322. The minimum atomic E-state index is -0.389. The lowest BCUT2D eigenvalue weighted by Crippen LogP contribution is -2.24. The van der Waals surface area contributed by atoms with Crippen molar-refractivity contribution < 1.29 is 4.39 Å². The van der Waals surface area contributed by atoms with Crippen LogP contribution in [0, 0.1) is 5.82 Å². The smallest absolute Gasteiger partial charge is 0.184 e. The Morgan fingerprint density at radius 3 is 3.00 bits per heavy atom. The molecule has 0 saturated heterocycles. The maximum atomic E-state index is 12.4. The summed E-state index contributed by atoms with van der Waals surface area (Å²) in [4.78, 5) is 3.73. The van der Waals surface area contributed by atoms with Gasteiger partial charge in [0.15, 0.2) is 5.11 Å². The summed E-state index contributed by atoms with van der Waals surface area (Å²) in [5.41, 5.74) is 7.98. The molecule has 0 unspecified atom stereocenters. The molecule has 0 atom stereocenters. The van der Waals surface area contributed by atoms with E-state index in [0.29, 0.717) is 5.69 Å². The predicted molar refractivity (Wildman–Crippen MR) is 51.7 cm³/mol. The number of halogens is 1. The van der Waals surface area contributed by atoms with Crippen molar-refractivity contribution >= 4 is 23.5 Å². The van der Waals surface area contributed by atoms with Gasteiger partial charge < -0.3 is 5.73 Å². The molecule has 0 fully saturated rings. The first kappa shape index (κ1) is 9.53. The second kappa shape index (κ2) is 4.46. The van der Waals surface area contributed by atoms with Gasteiger partial charge in [-0.2, -0.15) is 5.10 Å². The van der Waals surface area contributed by atoms with E-state index in [1.54, 1.807) is 0 Å². The van der Waals surface area contributed by atoms with Crippen molar-refractivity contribution in [3.63, 3.8) is 0 Å². The number of thiocarbonyl (C=S) groups is 1. The monoisotopic (exact) mass is 198 g/mol. The summed E-state index contributed by atoms with van der Waals surface area (Å²) in [7, 11) is 0. The van der Waals surface area contributed by atoms with Gasteiger partial charge in [-0.05, 0) is 24.4 Å². The van der Waals surface area contributed by atoms with Gasteiger partial charge in [-0.25, -0.2) is 4.39 Å². The maximum Gasteiger partial charge on any atom is 0.184 e. The topological polar surface area (TPSA) is 63.3 Å². The van der Waals surface area contributed by atoms with Crippen molar-refractivity contribution in [3.05, 3.63) is 29.8 Å². The molecule has 0 bridgehead atoms. The normalized spacial score (nSPS) is 10.2. The highest BCUT2D eigenvalue weighted by molar-refractivity contribution is 7.80. The van der Waals surface area contributed by atoms with Crippen LogP contribution < -0.4 is 11.2 Å². The number of nitrogens with zero attached hydrogens (tertiary/aromatic N) is 2. The third kappa shape index (κ3) is 3.57. The molecule has 0 aromatic carbocycles. The van der Waals surface area contributed by atoms with Gasteiger partial charge in [-0.1, -0.05) is 0 Å². The van der Waals surface area contributed by atoms with Crippen LogP contribution in [0.3, 0.4) is 0 Å². The number of hydrazone groups is 1. The Balaban J connectivity index is 2.59. The van der Waals surface area contributed by atoms with Gasteiger partial charge in [0, 0.05) is 0 Å². The highest BCUT2D eigenvalue weighted by Crippen LogP contribution is 1.94. The van der Waals surface area contributed by atoms with E-state index in [1.165, 1.54) is 18.3 Å². The minimum absolute atomic E-state index is 0.0679. The fourth-order valence-corrected chi connectivity index (χ4v) is 0.678. The van der Waals surface area contributed by atoms with E-state index in [0.717, 1.165) is 6.20 Å². The van der Waals surface area contributed by atoms with E-state index >= 15 is 0 Å². The number of pyridine rings is 1. The van der Waals surface area contributed by atoms with Crippen LogP contribution >= 0.6 is 12.2 Å². The van der Waals surface area contributed by atoms with E-state index in [4.69, 9.17) is 5.73 Å². The SMILES string of the molecule is NC(=S)N/N=C\c1ccc(F)cn1. The molecule has 0 amide bonds. The third-order valence-electron chi connectivity index (χ3n) is 1.12. The molecule has 0 aliphatic rings. The average Bonchev–Trinajstić information content (AvgIpc) is 2.08. The van der Waals surface area contributed by atoms with Crippen molar-refractivity contribution in [1.82, 2.24) is 10.4 Å². The van der Waals surface area contributed by atoms with Crippen molar-refractivity contribution in [2.75, 3.05) is 0 Å². The van der Waals surface area contributed by atoms with Crippen LogP contribution in [-0.4, -0.2) is 16.3 Å². The van der Waals surface area contributed by atoms with E-state index in [2.05, 4.69) is 27.7 Å². The van der Waals surface area contributed by atoms with Crippen molar-refractivity contribution in [2.24, 2.45) is 10.8 Å². The molecule has 0 spiro atoms. The first-order valence-electron chi connectivity index (χ1n) is 3.38. The zero-order valence-electron chi connectivity index (χ0n) is 6.57. The summed E-state index contributed by atoms with van der Waals surface area (Å²) in [5, 5.41) is 3.71. The quantitative estimate of drug-likeness (QED) is 0.410. The fourth-order valence-electron chi connectivity index (χ4n) is 0.626. The van der Waals surface area contributed by atoms with Crippen LogP contribution in [0.15, 0.2) is 23.4 Å². The van der Waals surface area contributed by atoms with Gasteiger partial charge in [0.1, 0.15) is 5.82 Å². The zero-order valence-corrected chi connectivity index (χ0v) is 7.38. The van der Waals surface area contributed by atoms with Crippen LogP contribution in [0.4, 0.5) is 4.39 Å². The Morgan fingerprint density at radius 1 is 1.69 bits per heavy atom. The standard InChI is InChI=1S/C7H7FN4S/c8-5-1-2-6(10-3-5)4-11-12-7(9)13/h1-4H,(H3,9,12,13)/b11-4-. The Morgan fingerprint density at radius 2 is 2.46 bits per heavy atom. The zero-order chi connectivity index (χ0) is 9.68. The summed E-state index contributed by atoms with van der Waals surface area (Å²) in [5.74, 6) is -0.389. The number of nitrogens with one attached hydrogen (secondary N) is 1. The lowest BCUT2D eigenvalue weighted by molar-refractivity contribution is 0.621. The van der Waals surface area contributed by atoms with Gasteiger partial charge >= 0.3 is 0 Å². The van der Waals surface area contributed by atoms with Crippen LogP contribution in [0.1, 0.15) is 5.69 Å². The molecular formula is C7H7FN4S. The van der Waals surface area contributed by atoms with Gasteiger partial charge in [-0.3, -0.25) is 10.4 Å². The summed E-state index contributed by atoms with van der Waals surface area (Å²) >= 11 is 4.50. The molecule has 0 saturated carbocycles. The molecule has 0 aliphatic carbocycles. The highest BCUT2D eigenvalue weighted by atomic mass is 32.1. The summed E-state index contributed by atoms with van der Waals surface area (Å²) < 4.78 is 12.4. The molecule has 4 nitrogen and oxygen atoms in total. The van der Waals surface area contributed by atoms with Gasteiger partial charge in [-0.15, -0.1) is 0 Å². The van der Waals surface area contributed by atoms with Gasteiger partial charge in [0.2, 0.25) is 0 Å². The number of rotatable bonds is 2. The average molecular weight is 198 g/mol. The molecule has 3 N–H and O–H groups in total. The molecule has 1 heterocycles. The second-order valence-electron chi connectivity index (χ2n) is 2.14. The number of hydrogen-bond acceptors (Lipinski definition) is 3. The highest BCUT2D eigenvalue weighted by Gasteiger charge is 1.90. The van der Waals surface area contributed by atoms with E-state index in [-0.39, 0.29) is 10.9 Å². The lowest BCUT2D eigenvalue weighted by Gasteiger charge is -1.93. The Hall–Kier alpha value is -1.56. The van der Waals surface area contributed by atoms with Crippen molar-refractivity contribution in [3.8, 4) is 0 Å². The van der Waals surface area contributed by atoms with Gasteiger partial charge in [0.05, 0.1) is 18.1 Å². The van der Waals surface area contributed by atoms with E-state index < -0.39 is 0 Å². The Labute approximate surface area is 79.7 Å². The maximum absolute atomic E-state index is 12.4. The van der Waals surface area contributed by atoms with E-state index in [9.17, 15) is 4.39 Å². The van der Waals surface area contributed by atoms with Crippen LogP contribution in [0.2, 0.25) is 0 Å². The van der Waals surface area contributed by atoms with Crippen LogP contribution in [0.25, 0.3) is 0 Å². The number of aromatic nitrogens is 1. The summed E-state index contributed by atoms with van der Waals surface area (Å²) in [6.45, 7) is 0. The molecule has 1 aromatic heterocycles. The molecular weight excluding hydrogens is 191 g/mol. The number of nitrogens with two attached hydrogens (primary N) is 1. The first-order valence-corrected chi connectivity index (χ1v) is 3.79. The lowest BCUT2D eigenvalue weighted by atomic mass is 10.4. The van der Waals surface area contributed by atoms with Crippen LogP contribution in [-0.2, 0) is 0 Å². The second-order valence-corrected chi connectivity index (χ2v) is 2.58. The first-order chi connectivity index (χ1) is 6.18. The third-order valence-corrected chi connectivity index (χ3v) is 1.21. The fraction of sp³-hybridized carbons (Fsp3) is 0. The van der Waals surface area contributed by atoms with Crippen molar-refractivity contribution in [2.45, 2.75) is 0 Å². The van der Waals surface area contributed by atoms with Gasteiger partial charge in [0.25, 0.3) is 0 Å². The Kier molecular flexibility index (Phi) is 3.27. The molecule has 0 radical (unpaired) electrons. The molecule has 6 heteroatoms. The van der Waals surface area contributed by atoms with E-state index in [1.807, 2.05) is 0 Å². The molecule has 1 rings (SSSR count). The molecule has 68 valence electrons. The van der Waals surface area contributed by atoms with Crippen LogP contribution in [0.5, 0.6) is 0 Å². The molecule has 1 aromatic rings. The summed E-state index contributed by atoms with van der Waals surface area (Å²) in [6, 6.07) is 2.77. The largest absolute Gasteiger partial charge is 0.375 e. The molecule has 0 aliphatic heterocycles. The minimum Gasteiger partial charge on any atom is -0.375 e. The van der Waals surface area contributed by atoms with Crippen molar-refractivity contribution in [1.29, 1.82) is 0 Å². The number of hydrogen-bond donors (Lipinski definition) is 2. The summed E-state index contributed by atoms with van der Waals surface area (Å²) in [6.07, 6.45) is 2.49.